The van der Waals surface area contributed by atoms with Gasteiger partial charge in [-0.15, -0.1) is 10.2 Å². The summed E-state index contributed by atoms with van der Waals surface area (Å²) in [6, 6.07) is 0.655. The van der Waals surface area contributed by atoms with E-state index < -0.39 is 0 Å². The first kappa shape index (κ1) is 10.5. The first-order chi connectivity index (χ1) is 7.92. The van der Waals surface area contributed by atoms with Gasteiger partial charge in [0.15, 0.2) is 0 Å². The van der Waals surface area contributed by atoms with Crippen molar-refractivity contribution in [2.45, 2.75) is 31.7 Å². The van der Waals surface area contributed by atoms with Gasteiger partial charge in [-0.25, -0.2) is 0 Å². The Labute approximate surface area is 100 Å². The minimum absolute atomic E-state index is 0.655. The van der Waals surface area contributed by atoms with E-state index in [9.17, 15) is 0 Å². The predicted molar refractivity (Wildman–Crippen MR) is 65.9 cm³/mol. The molecule has 1 saturated carbocycles. The third kappa shape index (κ3) is 2.52. The summed E-state index contributed by atoms with van der Waals surface area (Å²) < 4.78 is 0. The fraction of sp³-hybridized carbons (Fsp3) is 0.818. The Morgan fingerprint density at radius 1 is 1.38 bits per heavy atom. The minimum Gasteiger partial charge on any atom is -0.345 e. The lowest BCUT2D eigenvalue weighted by molar-refractivity contribution is 0.568. The number of hydrogen-bond acceptors (Lipinski definition) is 5. The van der Waals surface area contributed by atoms with Gasteiger partial charge < -0.3 is 10.2 Å². The molecule has 3 rings (SSSR count). The highest BCUT2D eigenvalue weighted by Gasteiger charge is 2.27. The summed E-state index contributed by atoms with van der Waals surface area (Å²) in [4.78, 5) is 2.43. The van der Waals surface area contributed by atoms with Gasteiger partial charge in [-0.1, -0.05) is 11.3 Å². The van der Waals surface area contributed by atoms with Crippen LogP contribution in [0.25, 0.3) is 0 Å². The largest absolute Gasteiger partial charge is 0.345 e. The molecule has 1 aliphatic carbocycles. The van der Waals surface area contributed by atoms with E-state index in [1.165, 1.54) is 38.8 Å². The lowest BCUT2D eigenvalue weighted by atomic mass is 10.2. The van der Waals surface area contributed by atoms with Gasteiger partial charge in [0.1, 0.15) is 5.51 Å². The molecule has 88 valence electrons. The smallest absolute Gasteiger partial charge is 0.208 e. The molecule has 1 aromatic rings. The SMILES string of the molecule is c1nnc(N(CC2CC2)CC2CCCN2)s1. The molecule has 0 aromatic carbocycles. The molecule has 1 aliphatic heterocycles. The van der Waals surface area contributed by atoms with Gasteiger partial charge in [-0.2, -0.15) is 0 Å². The minimum atomic E-state index is 0.655. The van der Waals surface area contributed by atoms with Crippen molar-refractivity contribution in [2.75, 3.05) is 24.5 Å². The third-order valence-electron chi connectivity index (χ3n) is 3.40. The summed E-state index contributed by atoms with van der Waals surface area (Å²) >= 11 is 1.66. The zero-order valence-electron chi connectivity index (χ0n) is 9.43. The Morgan fingerprint density at radius 3 is 2.94 bits per heavy atom. The summed E-state index contributed by atoms with van der Waals surface area (Å²) in [6.45, 7) is 3.46. The van der Waals surface area contributed by atoms with Crippen LogP contribution in [-0.4, -0.2) is 35.9 Å². The molecule has 1 saturated heterocycles. The molecule has 1 N–H and O–H groups in total. The van der Waals surface area contributed by atoms with E-state index in [0.29, 0.717) is 6.04 Å². The van der Waals surface area contributed by atoms with Crippen molar-refractivity contribution < 1.29 is 0 Å². The molecule has 0 spiro atoms. The molecular formula is C11H18N4S. The Morgan fingerprint density at radius 2 is 2.31 bits per heavy atom. The molecule has 0 bridgehead atoms. The average molecular weight is 238 g/mol. The van der Waals surface area contributed by atoms with Crippen LogP contribution < -0.4 is 10.2 Å². The monoisotopic (exact) mass is 238 g/mol. The third-order valence-corrected chi connectivity index (χ3v) is 4.15. The molecule has 2 aliphatic rings. The van der Waals surface area contributed by atoms with Crippen LogP contribution in [0.2, 0.25) is 0 Å². The maximum absolute atomic E-state index is 4.21. The molecule has 5 heteroatoms. The lowest BCUT2D eigenvalue weighted by Gasteiger charge is -2.24. The maximum Gasteiger partial charge on any atom is 0.208 e. The topological polar surface area (TPSA) is 41.1 Å². The van der Waals surface area contributed by atoms with E-state index in [1.54, 1.807) is 11.3 Å². The molecule has 1 aromatic heterocycles. The summed E-state index contributed by atoms with van der Waals surface area (Å²) in [5.74, 6) is 0.908. The van der Waals surface area contributed by atoms with Gasteiger partial charge >= 0.3 is 0 Å². The number of rotatable bonds is 5. The Balaban J connectivity index is 1.63. The van der Waals surface area contributed by atoms with Crippen LogP contribution in [0.4, 0.5) is 5.13 Å². The highest BCUT2D eigenvalue weighted by Crippen LogP contribution is 2.32. The van der Waals surface area contributed by atoms with Crippen LogP contribution in [0.5, 0.6) is 0 Å². The van der Waals surface area contributed by atoms with Crippen LogP contribution in [0.1, 0.15) is 25.7 Å². The molecular weight excluding hydrogens is 220 g/mol. The molecule has 2 fully saturated rings. The lowest BCUT2D eigenvalue weighted by Crippen LogP contribution is -2.38. The molecule has 1 atom stereocenters. The number of anilines is 1. The van der Waals surface area contributed by atoms with Gasteiger partial charge in [0.25, 0.3) is 0 Å². The van der Waals surface area contributed by atoms with E-state index in [1.807, 2.05) is 5.51 Å². The number of nitrogens with zero attached hydrogens (tertiary/aromatic N) is 3. The van der Waals surface area contributed by atoms with Crippen LogP contribution in [0.3, 0.4) is 0 Å². The van der Waals surface area contributed by atoms with Crippen molar-refractivity contribution in [3.05, 3.63) is 5.51 Å². The van der Waals surface area contributed by atoms with Crippen molar-refractivity contribution >= 4 is 16.5 Å². The highest BCUT2D eigenvalue weighted by atomic mass is 32.1. The normalized spacial score (nSPS) is 24.9. The number of hydrogen-bond donors (Lipinski definition) is 1. The molecule has 16 heavy (non-hydrogen) atoms. The molecule has 2 heterocycles. The van der Waals surface area contributed by atoms with Crippen molar-refractivity contribution in [3.8, 4) is 0 Å². The van der Waals surface area contributed by atoms with Crippen molar-refractivity contribution in [2.24, 2.45) is 5.92 Å². The summed E-state index contributed by atoms with van der Waals surface area (Å²) in [5, 5.41) is 12.8. The second-order valence-electron chi connectivity index (χ2n) is 4.86. The molecule has 1 unspecified atom stereocenters. The maximum atomic E-state index is 4.21. The predicted octanol–water partition coefficient (Wildman–Crippen LogP) is 1.51. The highest BCUT2D eigenvalue weighted by molar-refractivity contribution is 7.13. The molecule has 4 nitrogen and oxygen atoms in total. The second kappa shape index (κ2) is 4.67. The number of nitrogens with one attached hydrogen (secondary N) is 1. The van der Waals surface area contributed by atoms with Gasteiger partial charge in [0, 0.05) is 19.1 Å². The standard InChI is InChI=1S/C11H18N4S/c1-2-10(12-5-1)7-15(6-9-3-4-9)11-14-13-8-16-11/h8-10,12H,1-7H2. The quantitative estimate of drug-likeness (QED) is 0.844. The molecule has 0 radical (unpaired) electrons. The van der Waals surface area contributed by atoms with Gasteiger partial charge in [0.05, 0.1) is 0 Å². The van der Waals surface area contributed by atoms with E-state index in [-0.39, 0.29) is 0 Å². The van der Waals surface area contributed by atoms with E-state index >= 15 is 0 Å². The van der Waals surface area contributed by atoms with E-state index in [4.69, 9.17) is 0 Å². The van der Waals surface area contributed by atoms with E-state index in [2.05, 4.69) is 20.4 Å². The first-order valence-corrected chi connectivity index (χ1v) is 7.04. The van der Waals surface area contributed by atoms with Crippen molar-refractivity contribution in [3.63, 3.8) is 0 Å². The van der Waals surface area contributed by atoms with Crippen LogP contribution in [-0.2, 0) is 0 Å². The van der Waals surface area contributed by atoms with Crippen LogP contribution in [0, 0.1) is 5.92 Å². The van der Waals surface area contributed by atoms with Gasteiger partial charge in [0.2, 0.25) is 5.13 Å². The Bertz CT molecular complexity index is 317. The molecule has 0 amide bonds. The number of aromatic nitrogens is 2. The zero-order valence-corrected chi connectivity index (χ0v) is 10.2. The first-order valence-electron chi connectivity index (χ1n) is 6.16. The van der Waals surface area contributed by atoms with Crippen LogP contribution in [0.15, 0.2) is 5.51 Å². The zero-order chi connectivity index (χ0) is 10.8. The summed E-state index contributed by atoms with van der Waals surface area (Å²) in [6.07, 6.45) is 5.42. The van der Waals surface area contributed by atoms with Gasteiger partial charge in [-0.05, 0) is 38.1 Å². The Hall–Kier alpha value is -0.680. The van der Waals surface area contributed by atoms with Gasteiger partial charge in [-0.3, -0.25) is 0 Å². The van der Waals surface area contributed by atoms with Crippen LogP contribution >= 0.6 is 11.3 Å². The fourth-order valence-corrected chi connectivity index (χ4v) is 2.91. The fourth-order valence-electron chi connectivity index (χ4n) is 2.33. The van der Waals surface area contributed by atoms with Crippen molar-refractivity contribution in [1.29, 1.82) is 0 Å². The average Bonchev–Trinajstić information content (AvgIpc) is 2.82. The summed E-state index contributed by atoms with van der Waals surface area (Å²) in [7, 11) is 0. The summed E-state index contributed by atoms with van der Waals surface area (Å²) in [5.41, 5.74) is 1.83. The second-order valence-corrected chi connectivity index (χ2v) is 5.67. The van der Waals surface area contributed by atoms with E-state index in [0.717, 1.165) is 17.6 Å². The Kier molecular flexibility index (Phi) is 3.06. The van der Waals surface area contributed by atoms with Crippen molar-refractivity contribution in [1.82, 2.24) is 15.5 Å².